The molecule has 0 amide bonds. The summed E-state index contributed by atoms with van der Waals surface area (Å²) in [4.78, 5) is 13.7. The maximum atomic E-state index is 11.2. The number of piperidine rings is 1. The second kappa shape index (κ2) is 8.32. The first-order valence-electron chi connectivity index (χ1n) is 10.4. The molecule has 0 N–H and O–H groups in total. The molecule has 2 aliphatic rings. The van der Waals surface area contributed by atoms with Crippen molar-refractivity contribution in [3.8, 4) is 5.75 Å². The van der Waals surface area contributed by atoms with Gasteiger partial charge in [-0.05, 0) is 68.5 Å². The van der Waals surface area contributed by atoms with Crippen molar-refractivity contribution in [1.82, 2.24) is 4.90 Å². The normalized spacial score (nSPS) is 16.8. The number of ketones is 1. The Balaban J connectivity index is 1.65. The third kappa shape index (κ3) is 4.05. The molecule has 2 aromatic rings. The second-order valence-electron chi connectivity index (χ2n) is 8.07. The van der Waals surface area contributed by atoms with Gasteiger partial charge in [0.1, 0.15) is 18.1 Å². The molecule has 0 aromatic heterocycles. The van der Waals surface area contributed by atoms with E-state index in [1.807, 2.05) is 0 Å². The van der Waals surface area contributed by atoms with E-state index in [0.717, 1.165) is 44.6 Å². The number of rotatable bonds is 4. The minimum absolute atomic E-state index is 0.293. The zero-order chi connectivity index (χ0) is 19.5. The molecule has 1 fully saturated rings. The van der Waals surface area contributed by atoms with E-state index in [2.05, 4.69) is 54.3 Å². The molecule has 28 heavy (non-hydrogen) atoms. The second-order valence-corrected chi connectivity index (χ2v) is 8.07. The molecule has 0 bridgehead atoms. The fraction of sp³-hybridized carbons (Fsp3) is 0.400. The SMILES string of the molecule is CC(=O)CCCN1CCC(=C2c3ccccc3COc3ccc(C)cc32)CC1. The lowest BCUT2D eigenvalue weighted by Gasteiger charge is -2.30. The smallest absolute Gasteiger partial charge is 0.129 e. The quantitative estimate of drug-likeness (QED) is 0.740. The lowest BCUT2D eigenvalue weighted by Crippen LogP contribution is -2.32. The lowest BCUT2D eigenvalue weighted by atomic mass is 9.86. The molecule has 146 valence electrons. The van der Waals surface area contributed by atoms with Crippen LogP contribution >= 0.6 is 0 Å². The van der Waals surface area contributed by atoms with E-state index < -0.39 is 0 Å². The molecule has 0 atom stereocenters. The Morgan fingerprint density at radius 1 is 1.07 bits per heavy atom. The zero-order valence-electron chi connectivity index (χ0n) is 17.0. The van der Waals surface area contributed by atoms with Crippen LogP contribution in [0.15, 0.2) is 48.0 Å². The standard InChI is InChI=1S/C25H29NO2/c1-18-9-10-24-23(16-18)25(22-8-4-3-7-21(22)17-28-24)20-11-14-26(15-12-20)13-5-6-19(2)27/h3-4,7-10,16H,5-6,11-15,17H2,1-2H3. The van der Waals surface area contributed by atoms with Crippen LogP contribution in [0.1, 0.15) is 54.9 Å². The summed E-state index contributed by atoms with van der Waals surface area (Å²) in [5.74, 6) is 1.29. The number of carbonyl (C=O) groups excluding carboxylic acids is 1. The fourth-order valence-electron chi connectivity index (χ4n) is 4.38. The third-order valence-corrected chi connectivity index (χ3v) is 5.89. The van der Waals surface area contributed by atoms with E-state index in [9.17, 15) is 4.79 Å². The van der Waals surface area contributed by atoms with E-state index in [1.54, 1.807) is 6.92 Å². The Morgan fingerprint density at radius 2 is 1.86 bits per heavy atom. The highest BCUT2D eigenvalue weighted by Crippen LogP contribution is 2.41. The van der Waals surface area contributed by atoms with E-state index in [4.69, 9.17) is 4.74 Å². The lowest BCUT2D eigenvalue weighted by molar-refractivity contribution is -0.117. The largest absolute Gasteiger partial charge is 0.488 e. The molecule has 3 nitrogen and oxygen atoms in total. The highest BCUT2D eigenvalue weighted by atomic mass is 16.5. The molecular formula is C25H29NO2. The van der Waals surface area contributed by atoms with Gasteiger partial charge in [0.15, 0.2) is 0 Å². The van der Waals surface area contributed by atoms with Gasteiger partial charge in [-0.25, -0.2) is 0 Å². The van der Waals surface area contributed by atoms with E-state index in [0.29, 0.717) is 18.8 Å². The maximum Gasteiger partial charge on any atom is 0.129 e. The van der Waals surface area contributed by atoms with Gasteiger partial charge in [-0.2, -0.15) is 0 Å². The van der Waals surface area contributed by atoms with Crippen molar-refractivity contribution in [3.05, 3.63) is 70.3 Å². The van der Waals surface area contributed by atoms with Gasteiger partial charge in [0.05, 0.1) is 0 Å². The van der Waals surface area contributed by atoms with Gasteiger partial charge >= 0.3 is 0 Å². The molecule has 0 unspecified atom stereocenters. The summed E-state index contributed by atoms with van der Waals surface area (Å²) in [7, 11) is 0. The Kier molecular flexibility index (Phi) is 5.63. The summed E-state index contributed by atoms with van der Waals surface area (Å²) < 4.78 is 6.17. The Labute approximate surface area is 168 Å². The highest BCUT2D eigenvalue weighted by molar-refractivity contribution is 5.87. The molecule has 0 radical (unpaired) electrons. The molecule has 0 saturated carbocycles. The molecule has 2 aliphatic heterocycles. The van der Waals surface area contributed by atoms with Gasteiger partial charge in [0, 0.05) is 25.1 Å². The van der Waals surface area contributed by atoms with E-state index >= 15 is 0 Å². The molecule has 1 saturated heterocycles. The van der Waals surface area contributed by atoms with Gasteiger partial charge in [-0.3, -0.25) is 0 Å². The zero-order valence-corrected chi connectivity index (χ0v) is 17.0. The predicted molar refractivity (Wildman–Crippen MR) is 114 cm³/mol. The molecule has 0 aliphatic carbocycles. The van der Waals surface area contributed by atoms with Crippen LogP contribution < -0.4 is 4.74 Å². The first-order chi connectivity index (χ1) is 13.6. The Bertz CT molecular complexity index is 903. The number of benzene rings is 2. The minimum atomic E-state index is 0.293. The van der Waals surface area contributed by atoms with Gasteiger partial charge in [-0.1, -0.05) is 41.5 Å². The third-order valence-electron chi connectivity index (χ3n) is 5.89. The van der Waals surface area contributed by atoms with Crippen molar-refractivity contribution in [3.63, 3.8) is 0 Å². The van der Waals surface area contributed by atoms with E-state index in [-0.39, 0.29) is 0 Å². The number of likely N-dealkylation sites (tertiary alicyclic amines) is 1. The average molecular weight is 376 g/mol. The van der Waals surface area contributed by atoms with Crippen molar-refractivity contribution in [1.29, 1.82) is 0 Å². The van der Waals surface area contributed by atoms with Gasteiger partial charge in [0.25, 0.3) is 0 Å². The molecular weight excluding hydrogens is 346 g/mol. The van der Waals surface area contributed by atoms with Crippen molar-refractivity contribution in [2.45, 2.75) is 46.1 Å². The van der Waals surface area contributed by atoms with Crippen molar-refractivity contribution in [2.75, 3.05) is 19.6 Å². The molecule has 2 heterocycles. The van der Waals surface area contributed by atoms with Crippen molar-refractivity contribution < 1.29 is 9.53 Å². The van der Waals surface area contributed by atoms with Gasteiger partial charge < -0.3 is 14.4 Å². The number of aryl methyl sites for hydroxylation is 1. The summed E-state index contributed by atoms with van der Waals surface area (Å²) in [5, 5.41) is 0. The maximum absolute atomic E-state index is 11.2. The highest BCUT2D eigenvalue weighted by Gasteiger charge is 2.24. The summed E-state index contributed by atoms with van der Waals surface area (Å²) in [5.41, 5.74) is 8.02. The number of Topliss-reactive ketones (excluding diaryl/α,β-unsaturated/α-hetero) is 1. The molecule has 0 spiro atoms. The number of hydrogen-bond acceptors (Lipinski definition) is 3. The van der Waals surface area contributed by atoms with Crippen molar-refractivity contribution in [2.24, 2.45) is 0 Å². The van der Waals surface area contributed by atoms with Crippen LogP contribution in [0, 0.1) is 6.92 Å². The number of carbonyl (C=O) groups is 1. The monoisotopic (exact) mass is 375 g/mol. The summed E-state index contributed by atoms with van der Waals surface area (Å²) >= 11 is 0. The van der Waals surface area contributed by atoms with Crippen LogP contribution in [-0.2, 0) is 11.4 Å². The fourth-order valence-corrected chi connectivity index (χ4v) is 4.38. The number of fused-ring (bicyclic) bond motifs is 2. The molecule has 2 aromatic carbocycles. The topological polar surface area (TPSA) is 29.5 Å². The molecule has 4 rings (SSSR count). The average Bonchev–Trinajstić information content (AvgIpc) is 2.85. The Morgan fingerprint density at radius 3 is 2.64 bits per heavy atom. The van der Waals surface area contributed by atoms with Crippen LogP contribution in [0.2, 0.25) is 0 Å². The van der Waals surface area contributed by atoms with E-state index in [1.165, 1.54) is 33.4 Å². The van der Waals surface area contributed by atoms with Crippen molar-refractivity contribution >= 4 is 11.4 Å². The van der Waals surface area contributed by atoms with Crippen LogP contribution in [0.25, 0.3) is 5.57 Å². The first-order valence-corrected chi connectivity index (χ1v) is 10.4. The number of hydrogen-bond donors (Lipinski definition) is 0. The molecule has 3 heteroatoms. The summed E-state index contributed by atoms with van der Waals surface area (Å²) in [6, 6.07) is 15.2. The Hall–Kier alpha value is -2.39. The summed E-state index contributed by atoms with van der Waals surface area (Å²) in [6.07, 6.45) is 3.83. The summed E-state index contributed by atoms with van der Waals surface area (Å²) in [6.45, 7) is 7.63. The van der Waals surface area contributed by atoms with Crippen LogP contribution in [-0.4, -0.2) is 30.3 Å². The van der Waals surface area contributed by atoms with Gasteiger partial charge in [-0.15, -0.1) is 0 Å². The van der Waals surface area contributed by atoms with Gasteiger partial charge in [0.2, 0.25) is 0 Å². The number of ether oxygens (including phenoxy) is 1. The van der Waals surface area contributed by atoms with Crippen LogP contribution in [0.5, 0.6) is 5.75 Å². The number of nitrogens with zero attached hydrogens (tertiary/aromatic N) is 1. The minimum Gasteiger partial charge on any atom is -0.488 e. The van der Waals surface area contributed by atoms with Crippen LogP contribution in [0.3, 0.4) is 0 Å². The first kappa shape index (κ1) is 18.9. The van der Waals surface area contributed by atoms with Crippen LogP contribution in [0.4, 0.5) is 0 Å². The predicted octanol–water partition coefficient (Wildman–Crippen LogP) is 5.15.